The molecule has 0 aromatic heterocycles. The summed E-state index contributed by atoms with van der Waals surface area (Å²) in [5, 5.41) is 11.3. The highest BCUT2D eigenvalue weighted by atomic mass is 32.2. The first-order valence-electron chi connectivity index (χ1n) is 11.5. The smallest absolute Gasteiger partial charge is 0.347 e. The van der Waals surface area contributed by atoms with Crippen LogP contribution in [0.25, 0.3) is 10.8 Å². The molecule has 0 bridgehead atoms. The Balaban J connectivity index is 1.57. The molecule has 0 saturated heterocycles. The number of anilines is 2. The van der Waals surface area contributed by atoms with Crippen LogP contribution in [0.2, 0.25) is 0 Å². The van der Waals surface area contributed by atoms with Gasteiger partial charge in [0.15, 0.2) is 5.71 Å². The van der Waals surface area contributed by atoms with E-state index in [0.717, 1.165) is 40.2 Å². The van der Waals surface area contributed by atoms with Crippen molar-refractivity contribution in [2.24, 2.45) is 10.2 Å². The largest absolute Gasteiger partial charge is 0.435 e. The zero-order chi connectivity index (χ0) is 27.6. The van der Waals surface area contributed by atoms with E-state index in [-0.39, 0.29) is 10.6 Å². The van der Waals surface area contributed by atoms with Gasteiger partial charge in [-0.05, 0) is 58.8 Å². The van der Waals surface area contributed by atoms with Crippen LogP contribution < -0.4 is 15.0 Å². The number of halogens is 3. The Hall–Kier alpha value is -3.96. The van der Waals surface area contributed by atoms with E-state index in [9.17, 15) is 26.4 Å². The highest BCUT2D eigenvalue weighted by Gasteiger charge is 2.47. The highest BCUT2D eigenvalue weighted by molar-refractivity contribution is 7.89. The van der Waals surface area contributed by atoms with Crippen LogP contribution in [-0.2, 0) is 20.2 Å². The number of rotatable bonds is 3. The van der Waals surface area contributed by atoms with Crippen LogP contribution >= 0.6 is 0 Å². The van der Waals surface area contributed by atoms with Crippen LogP contribution in [-0.4, -0.2) is 33.3 Å². The summed E-state index contributed by atoms with van der Waals surface area (Å²) < 4.78 is 64.8. The fraction of sp³-hybridized carbons (Fsp3) is 0.185. The zero-order valence-electron chi connectivity index (χ0n) is 20.6. The van der Waals surface area contributed by atoms with Crippen molar-refractivity contribution in [1.29, 1.82) is 0 Å². The molecule has 0 aliphatic carbocycles. The van der Waals surface area contributed by atoms with E-state index in [2.05, 4.69) is 5.10 Å². The lowest BCUT2D eigenvalue weighted by molar-refractivity contribution is -0.114. The first kappa shape index (κ1) is 25.7. The number of hydrogen-bond donors (Lipinski definition) is 1. The monoisotopic (exact) mass is 540 g/mol. The van der Waals surface area contributed by atoms with E-state index in [1.807, 2.05) is 62.2 Å². The van der Waals surface area contributed by atoms with Gasteiger partial charge in [-0.1, -0.05) is 44.2 Å². The van der Waals surface area contributed by atoms with Gasteiger partial charge in [0.2, 0.25) is 10.0 Å². The van der Waals surface area contributed by atoms with E-state index in [0.29, 0.717) is 10.7 Å². The normalized spacial score (nSPS) is 19.6. The topological polar surface area (TPSA) is 96.1 Å². The molecule has 0 unspecified atom stereocenters. The molecule has 1 amide bonds. The number of nitrogens with two attached hydrogens (primary N) is 1. The third kappa shape index (κ3) is 4.07. The van der Waals surface area contributed by atoms with Crippen molar-refractivity contribution in [1.82, 2.24) is 0 Å². The molecule has 2 heterocycles. The molecule has 7 nitrogen and oxygen atoms in total. The predicted molar refractivity (Wildman–Crippen MR) is 140 cm³/mol. The summed E-state index contributed by atoms with van der Waals surface area (Å²) >= 11 is 0. The molecular formula is C27H23F3N4O3S. The Morgan fingerprint density at radius 2 is 1.63 bits per heavy atom. The van der Waals surface area contributed by atoms with Crippen molar-refractivity contribution < 1.29 is 26.4 Å². The van der Waals surface area contributed by atoms with E-state index in [4.69, 9.17) is 5.14 Å². The van der Waals surface area contributed by atoms with Gasteiger partial charge >= 0.3 is 6.18 Å². The minimum Gasteiger partial charge on any atom is -0.347 e. The number of nitrogens with zero attached hydrogens (tertiary/aromatic N) is 3. The Bertz CT molecular complexity index is 1690. The van der Waals surface area contributed by atoms with E-state index >= 15 is 0 Å². The number of fused-ring (bicyclic) bond motifs is 3. The molecule has 38 heavy (non-hydrogen) atoms. The van der Waals surface area contributed by atoms with Gasteiger partial charge in [0.05, 0.1) is 16.2 Å². The molecule has 0 fully saturated rings. The third-order valence-electron chi connectivity index (χ3n) is 6.86. The molecule has 0 radical (unpaired) electrons. The molecule has 2 aliphatic heterocycles. The van der Waals surface area contributed by atoms with Crippen LogP contribution in [0.15, 0.2) is 94.1 Å². The average molecular weight is 541 g/mol. The first-order valence-corrected chi connectivity index (χ1v) is 13.1. The maximum Gasteiger partial charge on any atom is 0.435 e. The number of benzene rings is 3. The van der Waals surface area contributed by atoms with Gasteiger partial charge in [0, 0.05) is 23.8 Å². The minimum absolute atomic E-state index is 0.0302. The predicted octanol–water partition coefficient (Wildman–Crippen LogP) is 4.99. The number of hydrazone groups is 1. The van der Waals surface area contributed by atoms with Gasteiger partial charge in [0.25, 0.3) is 5.91 Å². The van der Waals surface area contributed by atoms with E-state index in [1.54, 1.807) is 0 Å². The summed E-state index contributed by atoms with van der Waals surface area (Å²) in [4.78, 5) is 14.8. The molecule has 2 aliphatic rings. The number of hydrogen-bond acceptors (Lipinski definition) is 5. The first-order chi connectivity index (χ1) is 17.7. The maximum atomic E-state index is 13.9. The third-order valence-corrected chi connectivity index (χ3v) is 7.79. The van der Waals surface area contributed by atoms with Gasteiger partial charge in [0.1, 0.15) is 0 Å². The number of carbonyl (C=O) groups is 1. The summed E-state index contributed by atoms with van der Waals surface area (Å²) in [5.41, 5.74) is 0.127. The lowest BCUT2D eigenvalue weighted by Crippen LogP contribution is -2.26. The lowest BCUT2D eigenvalue weighted by atomic mass is 9.81. The fourth-order valence-corrected chi connectivity index (χ4v) is 5.60. The van der Waals surface area contributed by atoms with Gasteiger partial charge in [-0.2, -0.15) is 23.3 Å². The summed E-state index contributed by atoms with van der Waals surface area (Å²) in [5.74, 6) is -0.987. The molecule has 3 aromatic carbocycles. The molecule has 11 heteroatoms. The number of amides is 1. The molecule has 196 valence electrons. The number of carbonyl (C=O) groups excluding carboxylic acids is 1. The number of alkyl halides is 3. The van der Waals surface area contributed by atoms with Crippen molar-refractivity contribution in [2.45, 2.75) is 30.3 Å². The van der Waals surface area contributed by atoms with Crippen molar-refractivity contribution in [3.8, 4) is 0 Å². The van der Waals surface area contributed by atoms with Crippen molar-refractivity contribution >= 4 is 43.8 Å². The summed E-state index contributed by atoms with van der Waals surface area (Å²) in [6.45, 7) is 3.97. The molecular weight excluding hydrogens is 517 g/mol. The Morgan fingerprint density at radius 1 is 0.974 bits per heavy atom. The SMILES string of the molecule is CN1/C(=C/C=C2\C(=O)N(c3ccc(S(N)(=O)=O)cc3)N=C2C(F)(F)F)C(C)(C)c2c1ccc1ccccc21. The van der Waals surface area contributed by atoms with Gasteiger partial charge in [-0.3, -0.25) is 4.79 Å². The second kappa shape index (κ2) is 8.53. The second-order valence-corrected chi connectivity index (χ2v) is 11.2. The van der Waals surface area contributed by atoms with Crippen LogP contribution in [0.3, 0.4) is 0 Å². The van der Waals surface area contributed by atoms with Crippen molar-refractivity contribution in [2.75, 3.05) is 17.0 Å². The fourth-order valence-electron chi connectivity index (χ4n) is 5.08. The standard InChI is InChI=1S/C27H23F3N4O3S/c1-26(2)22(33(3)21-14-8-16-6-4-5-7-19(16)23(21)26)15-13-20-24(27(28,29)30)32-34(25(20)35)17-9-11-18(12-10-17)38(31,36)37/h4-15H,1-3H3,(H2,31,36,37)/b20-13-,22-15+. The quantitative estimate of drug-likeness (QED) is 0.474. The van der Waals surface area contributed by atoms with Crippen LogP contribution in [0, 0.1) is 0 Å². The summed E-state index contributed by atoms with van der Waals surface area (Å²) in [7, 11) is -2.18. The molecule has 2 N–H and O–H groups in total. The highest BCUT2D eigenvalue weighted by Crippen LogP contribution is 2.50. The molecule has 0 spiro atoms. The number of allylic oxidation sites excluding steroid dienone is 3. The minimum atomic E-state index is -4.90. The van der Waals surface area contributed by atoms with Gasteiger partial charge in [-0.25, -0.2) is 13.6 Å². The number of likely N-dealkylation sites (N-methyl/N-ethyl adjacent to an activating group) is 1. The molecule has 0 saturated carbocycles. The molecule has 0 atom stereocenters. The van der Waals surface area contributed by atoms with Gasteiger partial charge < -0.3 is 4.90 Å². The van der Waals surface area contributed by atoms with Crippen LogP contribution in [0.4, 0.5) is 24.5 Å². The number of sulfonamides is 1. The van der Waals surface area contributed by atoms with Gasteiger partial charge in [-0.15, -0.1) is 0 Å². The van der Waals surface area contributed by atoms with Crippen molar-refractivity contribution in [3.63, 3.8) is 0 Å². The molecule has 5 rings (SSSR count). The Morgan fingerprint density at radius 3 is 2.26 bits per heavy atom. The Kier molecular flexibility index (Phi) is 5.77. The van der Waals surface area contributed by atoms with E-state index in [1.165, 1.54) is 18.2 Å². The van der Waals surface area contributed by atoms with Crippen molar-refractivity contribution in [3.05, 3.63) is 89.6 Å². The van der Waals surface area contributed by atoms with Crippen LogP contribution in [0.1, 0.15) is 19.4 Å². The van der Waals surface area contributed by atoms with E-state index < -0.39 is 38.8 Å². The average Bonchev–Trinajstić information content (AvgIpc) is 3.28. The summed E-state index contributed by atoms with van der Waals surface area (Å²) in [6.07, 6.45) is -2.22. The van der Waals surface area contributed by atoms with Crippen LogP contribution in [0.5, 0.6) is 0 Å². The lowest BCUT2D eigenvalue weighted by Gasteiger charge is -2.24. The summed E-state index contributed by atoms with van der Waals surface area (Å²) in [6, 6.07) is 16.4. The Labute approximate surface area is 217 Å². The number of primary sulfonamides is 1. The zero-order valence-corrected chi connectivity index (χ0v) is 21.4. The molecule has 3 aromatic rings. The second-order valence-electron chi connectivity index (χ2n) is 9.60. The maximum absolute atomic E-state index is 13.9.